The van der Waals surface area contributed by atoms with Gasteiger partial charge in [-0.25, -0.2) is 4.79 Å². The lowest BCUT2D eigenvalue weighted by molar-refractivity contribution is 0.0696. The van der Waals surface area contributed by atoms with Crippen LogP contribution in [0.5, 0.6) is 0 Å². The van der Waals surface area contributed by atoms with Crippen molar-refractivity contribution in [2.75, 3.05) is 0 Å². The van der Waals surface area contributed by atoms with Crippen molar-refractivity contribution >= 4 is 23.5 Å². The zero-order chi connectivity index (χ0) is 14.5. The molecule has 102 valence electrons. The third-order valence-electron chi connectivity index (χ3n) is 2.71. The average Bonchev–Trinajstić information content (AvgIpc) is 2.45. The second-order valence-corrected chi connectivity index (χ2v) is 4.63. The Morgan fingerprint density at radius 2 is 1.75 bits per heavy atom. The Morgan fingerprint density at radius 3 is 2.45 bits per heavy atom. The van der Waals surface area contributed by atoms with E-state index >= 15 is 0 Å². The van der Waals surface area contributed by atoms with Crippen LogP contribution in [0.2, 0.25) is 5.02 Å². The molecule has 2 aromatic carbocycles. The normalized spacial score (nSPS) is 10.1. The summed E-state index contributed by atoms with van der Waals surface area (Å²) in [5.41, 5.74) is 1.38. The van der Waals surface area contributed by atoms with E-state index in [-0.39, 0.29) is 18.0 Å². The number of amides is 1. The molecule has 0 aliphatic heterocycles. The third-order valence-corrected chi connectivity index (χ3v) is 2.95. The van der Waals surface area contributed by atoms with Crippen LogP contribution in [-0.4, -0.2) is 17.0 Å². The van der Waals surface area contributed by atoms with Gasteiger partial charge in [0.15, 0.2) is 0 Å². The summed E-state index contributed by atoms with van der Waals surface area (Å²) in [6, 6.07) is 13.1. The van der Waals surface area contributed by atoms with Gasteiger partial charge in [-0.3, -0.25) is 4.79 Å². The largest absolute Gasteiger partial charge is 0.478 e. The van der Waals surface area contributed by atoms with Gasteiger partial charge in [-0.1, -0.05) is 29.8 Å². The Bertz CT molecular complexity index is 655. The van der Waals surface area contributed by atoms with Gasteiger partial charge >= 0.3 is 5.97 Å². The van der Waals surface area contributed by atoms with E-state index in [4.69, 9.17) is 16.7 Å². The summed E-state index contributed by atoms with van der Waals surface area (Å²) in [5.74, 6) is -1.25. The quantitative estimate of drug-likeness (QED) is 0.909. The van der Waals surface area contributed by atoms with Crippen molar-refractivity contribution in [1.29, 1.82) is 0 Å². The van der Waals surface area contributed by atoms with Gasteiger partial charge in [0.25, 0.3) is 5.91 Å². The van der Waals surface area contributed by atoms with Crippen molar-refractivity contribution in [2.24, 2.45) is 0 Å². The second kappa shape index (κ2) is 6.21. The van der Waals surface area contributed by atoms with E-state index in [9.17, 15) is 9.59 Å². The minimum absolute atomic E-state index is 0.194. The third kappa shape index (κ3) is 3.59. The van der Waals surface area contributed by atoms with Crippen LogP contribution in [0.3, 0.4) is 0 Å². The summed E-state index contributed by atoms with van der Waals surface area (Å²) in [6.45, 7) is 0.256. The molecular weight excluding hydrogens is 278 g/mol. The molecule has 0 bridgehead atoms. The molecule has 0 unspecified atom stereocenters. The highest BCUT2D eigenvalue weighted by Gasteiger charge is 2.07. The Hall–Kier alpha value is -2.33. The highest BCUT2D eigenvalue weighted by atomic mass is 35.5. The van der Waals surface area contributed by atoms with Gasteiger partial charge < -0.3 is 10.4 Å². The molecule has 1 amide bonds. The monoisotopic (exact) mass is 289 g/mol. The molecule has 0 spiro atoms. The number of aromatic carboxylic acids is 1. The Balaban J connectivity index is 2.03. The topological polar surface area (TPSA) is 66.4 Å². The van der Waals surface area contributed by atoms with Gasteiger partial charge in [0.2, 0.25) is 0 Å². The second-order valence-electron chi connectivity index (χ2n) is 4.20. The molecule has 0 saturated carbocycles. The van der Waals surface area contributed by atoms with E-state index in [1.807, 2.05) is 0 Å². The molecule has 0 fully saturated rings. The molecule has 0 aliphatic carbocycles. The van der Waals surface area contributed by atoms with Gasteiger partial charge in [-0.05, 0) is 35.9 Å². The first-order valence-corrected chi connectivity index (χ1v) is 6.30. The molecule has 5 heteroatoms. The fraction of sp³-hybridized carbons (Fsp3) is 0.0667. The van der Waals surface area contributed by atoms with Crippen LogP contribution in [0, 0.1) is 0 Å². The predicted molar refractivity (Wildman–Crippen MR) is 76.0 cm³/mol. The minimum atomic E-state index is -0.993. The minimum Gasteiger partial charge on any atom is -0.478 e. The Morgan fingerprint density at radius 1 is 1.05 bits per heavy atom. The lowest BCUT2D eigenvalue weighted by Crippen LogP contribution is -2.22. The average molecular weight is 290 g/mol. The molecule has 4 nitrogen and oxygen atoms in total. The summed E-state index contributed by atoms with van der Waals surface area (Å²) < 4.78 is 0. The van der Waals surface area contributed by atoms with Gasteiger partial charge in [0.05, 0.1) is 5.56 Å². The van der Waals surface area contributed by atoms with Crippen LogP contribution >= 0.6 is 11.6 Å². The van der Waals surface area contributed by atoms with Gasteiger partial charge in [-0.2, -0.15) is 0 Å². The lowest BCUT2D eigenvalue weighted by Gasteiger charge is -2.06. The summed E-state index contributed by atoms with van der Waals surface area (Å²) in [7, 11) is 0. The van der Waals surface area contributed by atoms with E-state index in [2.05, 4.69) is 5.32 Å². The molecule has 20 heavy (non-hydrogen) atoms. The summed E-state index contributed by atoms with van der Waals surface area (Å²) >= 11 is 5.82. The zero-order valence-electron chi connectivity index (χ0n) is 10.5. The maximum absolute atomic E-state index is 11.9. The van der Waals surface area contributed by atoms with Crippen molar-refractivity contribution in [2.45, 2.75) is 6.54 Å². The van der Waals surface area contributed by atoms with Gasteiger partial charge in [0.1, 0.15) is 0 Å². The number of carbonyl (C=O) groups is 2. The first kappa shape index (κ1) is 14.1. The standard InChI is InChI=1S/C15H12ClNO3/c16-13-6-2-4-11(8-13)14(18)17-9-10-3-1-5-12(7-10)15(19)20/h1-8H,9H2,(H,17,18)(H,19,20). The molecule has 2 N–H and O–H groups in total. The Kier molecular flexibility index (Phi) is 4.38. The summed E-state index contributed by atoms with van der Waals surface area (Å²) in [5, 5.41) is 12.1. The number of carboxylic acid groups (broad SMARTS) is 1. The smallest absolute Gasteiger partial charge is 0.335 e. The molecule has 2 rings (SSSR count). The maximum atomic E-state index is 11.9. The van der Waals surface area contributed by atoms with Crippen molar-refractivity contribution < 1.29 is 14.7 Å². The fourth-order valence-electron chi connectivity index (χ4n) is 1.73. The number of hydrogen-bond donors (Lipinski definition) is 2. The number of nitrogens with one attached hydrogen (secondary N) is 1. The van der Waals surface area contributed by atoms with Crippen LogP contribution in [0.25, 0.3) is 0 Å². The van der Waals surface area contributed by atoms with Crippen molar-refractivity contribution in [1.82, 2.24) is 5.32 Å². The van der Waals surface area contributed by atoms with Crippen LogP contribution in [0.1, 0.15) is 26.3 Å². The molecule has 0 atom stereocenters. The highest BCUT2D eigenvalue weighted by Crippen LogP contribution is 2.11. The summed E-state index contributed by atoms with van der Waals surface area (Å²) in [6.07, 6.45) is 0. The number of carbonyl (C=O) groups excluding carboxylic acids is 1. The number of carboxylic acids is 1. The van der Waals surface area contributed by atoms with Crippen molar-refractivity contribution in [3.05, 3.63) is 70.2 Å². The lowest BCUT2D eigenvalue weighted by atomic mass is 10.1. The molecule has 2 aromatic rings. The number of halogens is 1. The molecule has 0 heterocycles. The van der Waals surface area contributed by atoms with E-state index in [0.717, 1.165) is 5.56 Å². The molecule has 0 aliphatic rings. The van der Waals surface area contributed by atoms with E-state index in [1.54, 1.807) is 36.4 Å². The first-order valence-electron chi connectivity index (χ1n) is 5.92. The van der Waals surface area contributed by atoms with Crippen LogP contribution < -0.4 is 5.32 Å². The zero-order valence-corrected chi connectivity index (χ0v) is 11.2. The summed E-state index contributed by atoms with van der Waals surface area (Å²) in [4.78, 5) is 22.8. The molecule has 0 saturated heterocycles. The highest BCUT2D eigenvalue weighted by molar-refractivity contribution is 6.30. The first-order chi connectivity index (χ1) is 9.56. The van der Waals surface area contributed by atoms with Crippen molar-refractivity contribution in [3.8, 4) is 0 Å². The van der Waals surface area contributed by atoms with Gasteiger partial charge in [-0.15, -0.1) is 0 Å². The van der Waals surface area contributed by atoms with E-state index in [0.29, 0.717) is 10.6 Å². The number of benzene rings is 2. The maximum Gasteiger partial charge on any atom is 0.335 e. The predicted octanol–water partition coefficient (Wildman–Crippen LogP) is 2.97. The van der Waals surface area contributed by atoms with Crippen LogP contribution in [0.4, 0.5) is 0 Å². The molecule has 0 aromatic heterocycles. The SMILES string of the molecule is O=C(O)c1cccc(CNC(=O)c2cccc(Cl)c2)c1. The number of hydrogen-bond acceptors (Lipinski definition) is 2. The molecule has 0 radical (unpaired) electrons. The Labute approximate surface area is 121 Å². The molecular formula is C15H12ClNO3. The van der Waals surface area contributed by atoms with E-state index in [1.165, 1.54) is 12.1 Å². The fourth-order valence-corrected chi connectivity index (χ4v) is 1.92. The van der Waals surface area contributed by atoms with Crippen molar-refractivity contribution in [3.63, 3.8) is 0 Å². The van der Waals surface area contributed by atoms with Crippen LogP contribution in [0.15, 0.2) is 48.5 Å². The van der Waals surface area contributed by atoms with Crippen LogP contribution in [-0.2, 0) is 6.54 Å². The van der Waals surface area contributed by atoms with Gasteiger partial charge in [0, 0.05) is 17.1 Å². The number of rotatable bonds is 4. The van der Waals surface area contributed by atoms with E-state index < -0.39 is 5.97 Å².